The molecule has 160 valence electrons. The van der Waals surface area contributed by atoms with E-state index in [0.717, 1.165) is 50.4 Å². The van der Waals surface area contributed by atoms with E-state index in [0.29, 0.717) is 5.92 Å². The van der Waals surface area contributed by atoms with Crippen LogP contribution in [0.5, 0.6) is 0 Å². The molecule has 0 bridgehead atoms. The quantitative estimate of drug-likeness (QED) is 0.341. The molecule has 1 aliphatic carbocycles. The lowest BCUT2D eigenvalue weighted by Crippen LogP contribution is -2.60. The van der Waals surface area contributed by atoms with E-state index in [9.17, 15) is 0 Å². The van der Waals surface area contributed by atoms with E-state index >= 15 is 0 Å². The molecule has 0 amide bonds. The fraction of sp³-hybridized carbons (Fsp3) is 0.800. The Morgan fingerprint density at radius 1 is 1.25 bits per heavy atom. The van der Waals surface area contributed by atoms with Gasteiger partial charge in [0.15, 0.2) is 5.96 Å². The maximum atomic E-state index is 5.58. The molecule has 0 spiro atoms. The SMILES string of the molecule is CN=C(NCc1nc(C(C)C)cs1)NCC1(N2CCOCC2)CCCCC1.I. The van der Waals surface area contributed by atoms with Crippen molar-refractivity contribution in [1.82, 2.24) is 20.5 Å². The van der Waals surface area contributed by atoms with Crippen molar-refractivity contribution in [2.24, 2.45) is 4.99 Å². The smallest absolute Gasteiger partial charge is 0.191 e. The Labute approximate surface area is 190 Å². The normalized spacial score (nSPS) is 20.6. The molecule has 0 aromatic carbocycles. The molecule has 2 heterocycles. The van der Waals surface area contributed by atoms with Crippen LogP contribution in [0.4, 0.5) is 0 Å². The van der Waals surface area contributed by atoms with Gasteiger partial charge in [-0.3, -0.25) is 9.89 Å². The van der Waals surface area contributed by atoms with Gasteiger partial charge in [-0.2, -0.15) is 0 Å². The van der Waals surface area contributed by atoms with Crippen molar-refractivity contribution >= 4 is 41.3 Å². The average molecular weight is 522 g/mol. The minimum Gasteiger partial charge on any atom is -0.379 e. The number of halogens is 1. The lowest BCUT2D eigenvalue weighted by atomic mass is 9.80. The molecular formula is C20H36IN5OS. The molecule has 2 N–H and O–H groups in total. The highest BCUT2D eigenvalue weighted by molar-refractivity contribution is 14.0. The van der Waals surface area contributed by atoms with E-state index < -0.39 is 0 Å². The summed E-state index contributed by atoms with van der Waals surface area (Å²) in [5.74, 6) is 1.35. The number of nitrogens with one attached hydrogen (secondary N) is 2. The molecule has 1 aromatic heterocycles. The van der Waals surface area contributed by atoms with E-state index in [-0.39, 0.29) is 29.5 Å². The molecule has 0 atom stereocenters. The number of ether oxygens (including phenoxy) is 1. The number of nitrogens with zero attached hydrogens (tertiary/aromatic N) is 3. The molecular weight excluding hydrogens is 485 g/mol. The highest BCUT2D eigenvalue weighted by Gasteiger charge is 2.38. The molecule has 28 heavy (non-hydrogen) atoms. The van der Waals surface area contributed by atoms with Crippen molar-refractivity contribution in [3.05, 3.63) is 16.1 Å². The van der Waals surface area contributed by atoms with Gasteiger partial charge in [0.2, 0.25) is 0 Å². The highest BCUT2D eigenvalue weighted by atomic mass is 127. The van der Waals surface area contributed by atoms with Gasteiger partial charge in [-0.05, 0) is 18.8 Å². The molecule has 0 radical (unpaired) electrons. The zero-order chi connectivity index (χ0) is 19.1. The number of hydrogen-bond donors (Lipinski definition) is 2. The Morgan fingerprint density at radius 3 is 2.57 bits per heavy atom. The Balaban J connectivity index is 0.00000280. The van der Waals surface area contributed by atoms with Gasteiger partial charge in [-0.25, -0.2) is 4.98 Å². The van der Waals surface area contributed by atoms with Gasteiger partial charge in [0.1, 0.15) is 5.01 Å². The van der Waals surface area contributed by atoms with E-state index in [1.54, 1.807) is 11.3 Å². The largest absolute Gasteiger partial charge is 0.379 e. The number of aliphatic imine (C=N–C) groups is 1. The maximum Gasteiger partial charge on any atom is 0.191 e. The van der Waals surface area contributed by atoms with Crippen LogP contribution in [-0.4, -0.2) is 61.3 Å². The summed E-state index contributed by atoms with van der Waals surface area (Å²) in [6, 6.07) is 0. The lowest BCUT2D eigenvalue weighted by molar-refractivity contribution is -0.0352. The second-order valence-electron chi connectivity index (χ2n) is 7.98. The zero-order valence-electron chi connectivity index (χ0n) is 17.5. The predicted molar refractivity (Wildman–Crippen MR) is 128 cm³/mol. The molecule has 0 unspecified atom stereocenters. The van der Waals surface area contributed by atoms with E-state index in [1.807, 2.05) is 7.05 Å². The van der Waals surface area contributed by atoms with Crippen molar-refractivity contribution in [2.45, 2.75) is 64.0 Å². The van der Waals surface area contributed by atoms with Gasteiger partial charge in [-0.15, -0.1) is 35.3 Å². The Bertz CT molecular complexity index is 609. The van der Waals surface area contributed by atoms with Crippen LogP contribution in [0.15, 0.2) is 10.4 Å². The van der Waals surface area contributed by atoms with Crippen molar-refractivity contribution in [3.63, 3.8) is 0 Å². The number of guanidine groups is 1. The summed E-state index contributed by atoms with van der Waals surface area (Å²) in [6.45, 7) is 9.84. The molecule has 2 fully saturated rings. The van der Waals surface area contributed by atoms with Gasteiger partial charge in [0, 0.05) is 37.6 Å². The summed E-state index contributed by atoms with van der Waals surface area (Å²) >= 11 is 1.72. The summed E-state index contributed by atoms with van der Waals surface area (Å²) < 4.78 is 5.58. The molecule has 8 heteroatoms. The molecule has 2 aliphatic rings. The maximum absolute atomic E-state index is 5.58. The van der Waals surface area contributed by atoms with Crippen LogP contribution < -0.4 is 10.6 Å². The van der Waals surface area contributed by atoms with Crippen LogP contribution in [0.1, 0.15) is 62.6 Å². The Kier molecular flexibility index (Phi) is 9.92. The second kappa shape index (κ2) is 11.7. The van der Waals surface area contributed by atoms with Crippen molar-refractivity contribution < 1.29 is 4.74 Å². The molecule has 1 saturated heterocycles. The summed E-state index contributed by atoms with van der Waals surface area (Å²) in [4.78, 5) is 11.8. The van der Waals surface area contributed by atoms with Gasteiger partial charge in [0.05, 0.1) is 25.5 Å². The van der Waals surface area contributed by atoms with Crippen molar-refractivity contribution in [3.8, 4) is 0 Å². The third-order valence-electron chi connectivity index (χ3n) is 5.84. The summed E-state index contributed by atoms with van der Waals surface area (Å²) in [6.07, 6.45) is 6.54. The first-order chi connectivity index (χ1) is 13.1. The van der Waals surface area contributed by atoms with Gasteiger partial charge < -0.3 is 15.4 Å². The first-order valence-corrected chi connectivity index (χ1v) is 11.2. The molecule has 3 rings (SSSR count). The van der Waals surface area contributed by atoms with Crippen molar-refractivity contribution in [1.29, 1.82) is 0 Å². The third kappa shape index (κ3) is 6.27. The van der Waals surface area contributed by atoms with Crippen LogP contribution in [-0.2, 0) is 11.3 Å². The third-order valence-corrected chi connectivity index (χ3v) is 6.71. The van der Waals surface area contributed by atoms with Gasteiger partial charge in [-0.1, -0.05) is 33.1 Å². The van der Waals surface area contributed by atoms with Gasteiger partial charge >= 0.3 is 0 Å². The molecule has 1 aromatic rings. The Morgan fingerprint density at radius 2 is 1.96 bits per heavy atom. The molecule has 6 nitrogen and oxygen atoms in total. The second-order valence-corrected chi connectivity index (χ2v) is 8.93. The monoisotopic (exact) mass is 521 g/mol. The fourth-order valence-electron chi connectivity index (χ4n) is 4.15. The number of thiazole rings is 1. The molecule has 1 saturated carbocycles. The van der Waals surface area contributed by atoms with Crippen molar-refractivity contribution in [2.75, 3.05) is 39.9 Å². The standard InChI is InChI=1S/C20H35N5OS.HI/c1-16(2)17-14-27-18(24-17)13-22-19(21-3)23-15-20(7-5-4-6-8-20)25-9-11-26-12-10-25;/h14,16H,4-13,15H2,1-3H3,(H2,21,22,23);1H. The summed E-state index contributed by atoms with van der Waals surface area (Å²) in [5, 5.41) is 10.3. The number of hydrogen-bond acceptors (Lipinski definition) is 5. The minimum atomic E-state index is 0. The number of aromatic nitrogens is 1. The van der Waals surface area contributed by atoms with Crippen LogP contribution in [0.25, 0.3) is 0 Å². The first-order valence-electron chi connectivity index (χ1n) is 10.3. The van der Waals surface area contributed by atoms with Crippen LogP contribution in [0.2, 0.25) is 0 Å². The minimum absolute atomic E-state index is 0. The van der Waals surface area contributed by atoms with E-state index in [4.69, 9.17) is 9.72 Å². The van der Waals surface area contributed by atoms with Gasteiger partial charge in [0.25, 0.3) is 0 Å². The van der Waals surface area contributed by atoms with Crippen LogP contribution in [0.3, 0.4) is 0 Å². The molecule has 1 aliphatic heterocycles. The zero-order valence-corrected chi connectivity index (χ0v) is 20.6. The van der Waals surface area contributed by atoms with E-state index in [1.165, 1.54) is 37.8 Å². The number of rotatable bonds is 6. The lowest BCUT2D eigenvalue weighted by Gasteiger charge is -2.48. The van der Waals surface area contributed by atoms with Crippen LogP contribution in [0, 0.1) is 0 Å². The average Bonchev–Trinajstić information content (AvgIpc) is 3.19. The summed E-state index contributed by atoms with van der Waals surface area (Å²) in [7, 11) is 1.85. The summed E-state index contributed by atoms with van der Waals surface area (Å²) in [5.41, 5.74) is 1.42. The predicted octanol–water partition coefficient (Wildman–Crippen LogP) is 3.58. The Hall–Kier alpha value is -0.450. The number of morpholine rings is 1. The topological polar surface area (TPSA) is 61.8 Å². The first kappa shape index (κ1) is 23.8. The fourth-order valence-corrected chi connectivity index (χ4v) is 5.05. The van der Waals surface area contributed by atoms with Crippen LogP contribution >= 0.6 is 35.3 Å². The highest BCUT2D eigenvalue weighted by Crippen LogP contribution is 2.33. The van der Waals surface area contributed by atoms with E-state index in [2.05, 4.69) is 39.8 Å².